The number of carbonyl (C=O) groups is 2. The number of benzene rings is 4. The monoisotopic (exact) mass is 1030 g/mol. The van der Waals surface area contributed by atoms with E-state index in [-0.39, 0.29) is 32.6 Å². The number of amides is 2. The van der Waals surface area contributed by atoms with Gasteiger partial charge in [0.1, 0.15) is 11.6 Å². The second-order valence-corrected chi connectivity index (χ2v) is 15.6. The summed E-state index contributed by atoms with van der Waals surface area (Å²) in [4.78, 5) is 47.1. The molecule has 2 N–H and O–H groups in total. The summed E-state index contributed by atoms with van der Waals surface area (Å²) >= 11 is 0. The van der Waals surface area contributed by atoms with Gasteiger partial charge in [-0.1, -0.05) is 72.8 Å². The second-order valence-electron chi connectivity index (χ2n) is 15.6. The number of pyridine rings is 5. The fraction of sp³-hybridized carbons (Fsp3) is 0.130. The molecule has 1 atom stereocenters. The number of carbonyl (C=O) groups excluding carboxylic acids is 2. The summed E-state index contributed by atoms with van der Waals surface area (Å²) in [6, 6.07) is 58.9. The van der Waals surface area contributed by atoms with Gasteiger partial charge in [0.15, 0.2) is 0 Å². The average molecular weight is 1030 g/mol. The Morgan fingerprint density at radius 1 is 0.585 bits per heavy atom. The standard InChI is InChI=1S/C24H27N5O3.2C15H10N.Ir/c1-24(2,3)32-23(31)29-21(14-17-9-12-25-13-10-17)22(30)28-16-18-7-8-20(27-15-18)19-6-4-5-11-26-19;2*1-2-6-12(7-3-1)15-11-10-13-8-4-5-9-14(13)16-15;/h4-13,15,21H,14,16H2,1-3H3,(H,28,30)(H,29,31);2*1-6,8-11H;/q;2*-1;-3/t21-;;;/m0.../s1. The van der Waals surface area contributed by atoms with Crippen LogP contribution in [0.5, 0.6) is 0 Å². The van der Waals surface area contributed by atoms with Gasteiger partial charge in [0, 0.05) is 37.8 Å². The van der Waals surface area contributed by atoms with E-state index >= 15 is 0 Å². The minimum atomic E-state index is -0.798. The molecule has 0 saturated heterocycles. The molecule has 0 aliphatic rings. The van der Waals surface area contributed by atoms with E-state index in [1.54, 1.807) is 57.7 Å². The van der Waals surface area contributed by atoms with Crippen molar-refractivity contribution in [2.75, 3.05) is 0 Å². The van der Waals surface area contributed by atoms with E-state index in [2.05, 4.69) is 72.0 Å². The van der Waals surface area contributed by atoms with Gasteiger partial charge in [0.25, 0.3) is 0 Å². The molecule has 0 radical (unpaired) electrons. The SMILES string of the molecule is CC(C)(C)OC(=O)N[C@@H](Cc1ccncc1)C(=O)NCc1ccc(-c2ccccn2)nc1.[Ir-3].[c-]1ccccc1-c1ccc2ccccc2n1.[c-]1ccccc1-c1ccc2ccccc2n1. The Balaban J connectivity index is 0.000000176. The van der Waals surface area contributed by atoms with Gasteiger partial charge in [-0.05, 0) is 96.5 Å². The molecule has 0 unspecified atom stereocenters. The van der Waals surface area contributed by atoms with Crippen LogP contribution in [-0.4, -0.2) is 48.6 Å². The number of hydrogen-bond acceptors (Lipinski definition) is 8. The molecule has 5 heterocycles. The normalized spacial score (nSPS) is 11.1. The van der Waals surface area contributed by atoms with E-state index in [9.17, 15) is 9.59 Å². The minimum absolute atomic E-state index is 0. The number of alkyl carbamates (subject to hydrolysis) is 1. The molecule has 11 heteroatoms. The van der Waals surface area contributed by atoms with Gasteiger partial charge in [0.2, 0.25) is 5.91 Å². The summed E-state index contributed by atoms with van der Waals surface area (Å²) in [5.41, 5.74) is 8.64. The predicted molar refractivity (Wildman–Crippen MR) is 252 cm³/mol. The molecule has 0 aliphatic heterocycles. The first-order valence-corrected chi connectivity index (χ1v) is 20.9. The minimum Gasteiger partial charge on any atom is -3.00 e. The first kappa shape index (κ1) is 47.0. The summed E-state index contributed by atoms with van der Waals surface area (Å²) in [5.74, 6) is -0.318. The van der Waals surface area contributed by atoms with Gasteiger partial charge < -0.3 is 35.5 Å². The second kappa shape index (κ2) is 23.3. The number of ether oxygens (including phenoxy) is 1. The molecule has 65 heavy (non-hydrogen) atoms. The van der Waals surface area contributed by atoms with Crippen molar-refractivity contribution in [1.29, 1.82) is 0 Å². The van der Waals surface area contributed by atoms with Crippen LogP contribution in [0.1, 0.15) is 31.9 Å². The molecule has 10 nitrogen and oxygen atoms in total. The Morgan fingerprint density at radius 2 is 1.14 bits per heavy atom. The third-order valence-electron chi connectivity index (χ3n) is 9.58. The molecule has 0 aliphatic carbocycles. The van der Waals surface area contributed by atoms with Crippen molar-refractivity contribution in [2.24, 2.45) is 0 Å². The fourth-order valence-electron chi connectivity index (χ4n) is 6.46. The average Bonchev–Trinajstić information content (AvgIpc) is 3.34. The maximum atomic E-state index is 12.9. The summed E-state index contributed by atoms with van der Waals surface area (Å²) in [6.45, 7) is 5.58. The number of hydrogen-bond donors (Lipinski definition) is 2. The van der Waals surface area contributed by atoms with Gasteiger partial charge >= 0.3 is 6.09 Å². The van der Waals surface area contributed by atoms with Gasteiger partial charge in [-0.3, -0.25) is 29.7 Å². The number of para-hydroxylation sites is 2. The van der Waals surface area contributed by atoms with E-state index in [0.29, 0.717) is 6.42 Å². The van der Waals surface area contributed by atoms with Crippen molar-refractivity contribution in [3.05, 3.63) is 212 Å². The Morgan fingerprint density at radius 3 is 1.66 bits per heavy atom. The Labute approximate surface area is 393 Å². The summed E-state index contributed by atoms with van der Waals surface area (Å²) < 4.78 is 5.32. The van der Waals surface area contributed by atoms with Crippen molar-refractivity contribution in [1.82, 2.24) is 35.6 Å². The van der Waals surface area contributed by atoms with Crippen LogP contribution >= 0.6 is 0 Å². The smallest absolute Gasteiger partial charge is 0.408 e. The summed E-state index contributed by atoms with van der Waals surface area (Å²) in [7, 11) is 0. The van der Waals surface area contributed by atoms with Crippen LogP contribution in [0.25, 0.3) is 55.7 Å². The predicted octanol–water partition coefficient (Wildman–Crippen LogP) is 10.7. The molecule has 9 rings (SSSR count). The van der Waals surface area contributed by atoms with Crippen molar-refractivity contribution >= 4 is 33.8 Å². The number of rotatable bonds is 9. The van der Waals surface area contributed by atoms with E-state index in [1.165, 1.54) is 10.8 Å². The quantitative estimate of drug-likeness (QED) is 0.137. The molecule has 330 valence electrons. The third-order valence-corrected chi connectivity index (χ3v) is 9.58. The van der Waals surface area contributed by atoms with Crippen molar-refractivity contribution in [3.63, 3.8) is 0 Å². The van der Waals surface area contributed by atoms with E-state index in [4.69, 9.17) is 4.74 Å². The van der Waals surface area contributed by atoms with Crippen molar-refractivity contribution in [2.45, 2.75) is 45.4 Å². The zero-order chi connectivity index (χ0) is 44.6. The molecule has 0 saturated carbocycles. The zero-order valence-electron chi connectivity index (χ0n) is 36.2. The van der Waals surface area contributed by atoms with Crippen molar-refractivity contribution < 1.29 is 34.4 Å². The number of aromatic nitrogens is 5. The molecule has 0 bridgehead atoms. The maximum absolute atomic E-state index is 12.9. The first-order chi connectivity index (χ1) is 31.2. The van der Waals surface area contributed by atoms with Gasteiger partial charge in [-0.25, -0.2) is 4.79 Å². The van der Waals surface area contributed by atoms with E-state index < -0.39 is 17.7 Å². The molecular weight excluding hydrogens is 987 g/mol. The van der Waals surface area contributed by atoms with E-state index in [1.807, 2.05) is 127 Å². The van der Waals surface area contributed by atoms with Gasteiger partial charge in [0.05, 0.1) is 22.4 Å². The van der Waals surface area contributed by atoms with Crippen LogP contribution in [0.4, 0.5) is 4.79 Å². The summed E-state index contributed by atoms with van der Waals surface area (Å²) in [5, 5.41) is 7.87. The van der Waals surface area contributed by atoms with Crippen LogP contribution in [0.2, 0.25) is 0 Å². The number of nitrogens with one attached hydrogen (secondary N) is 2. The third kappa shape index (κ3) is 14.3. The fourth-order valence-corrected chi connectivity index (χ4v) is 6.46. The molecule has 2 amide bonds. The molecule has 5 aromatic heterocycles. The molecular formula is C54H47IrN7O3-5. The molecule has 0 spiro atoms. The van der Waals surface area contributed by atoms with Gasteiger partial charge in [-0.15, -0.1) is 71.8 Å². The summed E-state index contributed by atoms with van der Waals surface area (Å²) in [6.07, 6.45) is 6.37. The van der Waals surface area contributed by atoms with Crippen LogP contribution in [0, 0.1) is 12.1 Å². The Hall–Kier alpha value is -7.46. The van der Waals surface area contributed by atoms with Crippen LogP contribution in [0.3, 0.4) is 0 Å². The zero-order valence-corrected chi connectivity index (χ0v) is 38.6. The van der Waals surface area contributed by atoms with E-state index in [0.717, 1.165) is 56.1 Å². The Bertz CT molecular complexity index is 2770. The molecule has 0 fully saturated rings. The maximum Gasteiger partial charge on any atom is 0.408 e. The molecule has 9 aromatic rings. The topological polar surface area (TPSA) is 132 Å². The largest absolute Gasteiger partial charge is 3.00 e. The first-order valence-electron chi connectivity index (χ1n) is 20.9. The van der Waals surface area contributed by atoms with Crippen LogP contribution in [-0.2, 0) is 42.6 Å². The molecule has 4 aromatic carbocycles. The Kier molecular flexibility index (Phi) is 16.8. The van der Waals surface area contributed by atoms with Crippen molar-refractivity contribution in [3.8, 4) is 33.9 Å². The number of fused-ring (bicyclic) bond motifs is 2. The van der Waals surface area contributed by atoms with Crippen LogP contribution < -0.4 is 10.6 Å². The van der Waals surface area contributed by atoms with Gasteiger partial charge in [-0.2, -0.15) is 0 Å². The van der Waals surface area contributed by atoms with Crippen LogP contribution in [0.15, 0.2) is 189 Å². The number of nitrogens with zero attached hydrogens (tertiary/aromatic N) is 5.